The van der Waals surface area contributed by atoms with Crippen molar-refractivity contribution in [3.63, 3.8) is 0 Å². The quantitative estimate of drug-likeness (QED) is 0.663. The van der Waals surface area contributed by atoms with Crippen molar-refractivity contribution in [3.8, 4) is 11.6 Å². The maximum Gasteiger partial charge on any atom is 0.249 e. The van der Waals surface area contributed by atoms with Gasteiger partial charge in [-0.05, 0) is 48.4 Å². The first-order chi connectivity index (χ1) is 13.2. The average Bonchev–Trinajstić information content (AvgIpc) is 3.25. The number of rotatable bonds is 8. The molecule has 0 spiro atoms. The topological polar surface area (TPSA) is 78.3 Å². The van der Waals surface area contributed by atoms with E-state index in [2.05, 4.69) is 15.4 Å². The van der Waals surface area contributed by atoms with E-state index >= 15 is 0 Å². The van der Waals surface area contributed by atoms with Crippen LogP contribution in [-0.2, 0) is 22.7 Å². The van der Waals surface area contributed by atoms with Crippen molar-refractivity contribution in [1.82, 2.24) is 20.1 Å². The van der Waals surface area contributed by atoms with E-state index in [0.29, 0.717) is 19.0 Å². The molecule has 0 radical (unpaired) electrons. The Hall–Kier alpha value is -3.19. The third kappa shape index (κ3) is 5.15. The van der Waals surface area contributed by atoms with Gasteiger partial charge in [0.2, 0.25) is 5.91 Å². The number of hydrogen-bond acceptors (Lipinski definition) is 5. The van der Waals surface area contributed by atoms with Crippen LogP contribution in [0.5, 0.6) is 5.75 Å². The number of nitrogens with one attached hydrogen (secondary N) is 1. The van der Waals surface area contributed by atoms with Gasteiger partial charge in [-0.25, -0.2) is 9.67 Å². The first-order valence-corrected chi connectivity index (χ1v) is 8.63. The minimum atomic E-state index is -0.566. The van der Waals surface area contributed by atoms with Crippen molar-refractivity contribution in [2.24, 2.45) is 0 Å². The molecular weight excluding hydrogens is 344 g/mol. The first kappa shape index (κ1) is 18.6. The minimum Gasteiger partial charge on any atom is -0.497 e. The number of methoxy groups -OCH3 is 1. The molecule has 3 aromatic rings. The van der Waals surface area contributed by atoms with Gasteiger partial charge in [-0.15, -0.1) is 0 Å². The van der Waals surface area contributed by atoms with Crippen molar-refractivity contribution in [1.29, 1.82) is 0 Å². The Bertz CT molecular complexity index is 880. The van der Waals surface area contributed by atoms with E-state index in [4.69, 9.17) is 9.47 Å². The molecule has 0 aliphatic carbocycles. The van der Waals surface area contributed by atoms with Crippen molar-refractivity contribution in [2.45, 2.75) is 26.2 Å². The molecule has 7 nitrogen and oxygen atoms in total. The summed E-state index contributed by atoms with van der Waals surface area (Å²) < 4.78 is 12.5. The van der Waals surface area contributed by atoms with Crippen LogP contribution in [0.3, 0.4) is 0 Å². The molecule has 1 amide bonds. The second-order valence-corrected chi connectivity index (χ2v) is 6.00. The highest BCUT2D eigenvalue weighted by atomic mass is 16.5. The van der Waals surface area contributed by atoms with Gasteiger partial charge in [0.15, 0.2) is 5.82 Å². The molecule has 27 heavy (non-hydrogen) atoms. The van der Waals surface area contributed by atoms with E-state index in [9.17, 15) is 4.79 Å². The van der Waals surface area contributed by atoms with Gasteiger partial charge in [0.05, 0.1) is 13.7 Å². The van der Waals surface area contributed by atoms with Gasteiger partial charge in [-0.1, -0.05) is 12.1 Å². The van der Waals surface area contributed by atoms with Crippen molar-refractivity contribution in [2.75, 3.05) is 7.11 Å². The summed E-state index contributed by atoms with van der Waals surface area (Å²) in [5, 5.41) is 7.04. The molecule has 0 saturated heterocycles. The van der Waals surface area contributed by atoms with Crippen molar-refractivity contribution >= 4 is 5.91 Å². The summed E-state index contributed by atoms with van der Waals surface area (Å²) in [5.74, 6) is 1.29. The number of aromatic nitrogens is 3. The fourth-order valence-electron chi connectivity index (χ4n) is 2.49. The molecule has 0 aliphatic rings. The first-order valence-electron chi connectivity index (χ1n) is 8.63. The highest BCUT2D eigenvalue weighted by molar-refractivity contribution is 5.80. The van der Waals surface area contributed by atoms with Gasteiger partial charge in [-0.2, -0.15) is 5.10 Å². The number of benzene rings is 1. The van der Waals surface area contributed by atoms with Crippen LogP contribution in [0.1, 0.15) is 18.1 Å². The monoisotopic (exact) mass is 366 g/mol. The van der Waals surface area contributed by atoms with Gasteiger partial charge in [0, 0.05) is 25.1 Å². The van der Waals surface area contributed by atoms with Crippen LogP contribution in [0.25, 0.3) is 5.82 Å². The van der Waals surface area contributed by atoms with E-state index in [-0.39, 0.29) is 5.91 Å². The largest absolute Gasteiger partial charge is 0.497 e. The zero-order chi connectivity index (χ0) is 19.1. The Morgan fingerprint density at radius 3 is 2.85 bits per heavy atom. The zero-order valence-corrected chi connectivity index (χ0v) is 15.3. The number of hydrogen-bond donors (Lipinski definition) is 1. The lowest BCUT2D eigenvalue weighted by molar-refractivity contribution is -0.132. The fourth-order valence-corrected chi connectivity index (χ4v) is 2.49. The molecule has 2 heterocycles. The predicted molar refractivity (Wildman–Crippen MR) is 100 cm³/mol. The maximum absolute atomic E-state index is 12.3. The highest BCUT2D eigenvalue weighted by Gasteiger charge is 2.13. The van der Waals surface area contributed by atoms with Gasteiger partial charge in [0.1, 0.15) is 11.9 Å². The van der Waals surface area contributed by atoms with E-state index < -0.39 is 6.10 Å². The summed E-state index contributed by atoms with van der Waals surface area (Å²) in [5.41, 5.74) is 1.89. The van der Waals surface area contributed by atoms with Gasteiger partial charge < -0.3 is 14.8 Å². The molecule has 0 aliphatic heterocycles. The Morgan fingerprint density at radius 2 is 2.07 bits per heavy atom. The molecule has 1 N–H and O–H groups in total. The maximum atomic E-state index is 12.3. The average molecular weight is 366 g/mol. The van der Waals surface area contributed by atoms with E-state index in [0.717, 1.165) is 16.9 Å². The van der Waals surface area contributed by atoms with Gasteiger partial charge in [-0.3, -0.25) is 4.79 Å². The highest BCUT2D eigenvalue weighted by Crippen LogP contribution is 2.14. The lowest BCUT2D eigenvalue weighted by Gasteiger charge is -2.14. The normalized spacial score (nSPS) is 11.8. The van der Waals surface area contributed by atoms with Crippen LogP contribution in [0.2, 0.25) is 0 Å². The predicted octanol–water partition coefficient (Wildman–Crippen LogP) is 2.50. The summed E-state index contributed by atoms with van der Waals surface area (Å²) in [7, 11) is 1.62. The number of amides is 1. The lowest BCUT2D eigenvalue weighted by Crippen LogP contribution is -2.34. The van der Waals surface area contributed by atoms with Crippen LogP contribution in [0.4, 0.5) is 0 Å². The molecule has 7 heteroatoms. The number of ether oxygens (including phenoxy) is 2. The van der Waals surface area contributed by atoms with Crippen molar-refractivity contribution in [3.05, 3.63) is 72.2 Å². The molecule has 3 rings (SSSR count). The van der Waals surface area contributed by atoms with E-state index in [1.807, 2.05) is 48.7 Å². The molecule has 0 fully saturated rings. The van der Waals surface area contributed by atoms with Crippen LogP contribution in [0.15, 0.2) is 61.1 Å². The van der Waals surface area contributed by atoms with Gasteiger partial charge in [0.25, 0.3) is 0 Å². The van der Waals surface area contributed by atoms with E-state index in [1.165, 1.54) is 0 Å². The lowest BCUT2D eigenvalue weighted by atomic mass is 10.2. The molecule has 1 atom stereocenters. The second kappa shape index (κ2) is 8.95. The number of nitrogens with zero attached hydrogens (tertiary/aromatic N) is 3. The fraction of sp³-hybridized carbons (Fsp3) is 0.250. The third-order valence-corrected chi connectivity index (χ3v) is 4.02. The SMILES string of the molecule is COc1cccc(CO[C@H](C)C(=O)NCc2ccnc(-n3cccn3)c2)c1. The van der Waals surface area contributed by atoms with Crippen LogP contribution >= 0.6 is 0 Å². The summed E-state index contributed by atoms with van der Waals surface area (Å²) in [6.45, 7) is 2.46. The number of carbonyl (C=O) groups is 1. The molecule has 0 saturated carbocycles. The molecular formula is C20H22N4O3. The standard InChI is InChI=1S/C20H22N4O3/c1-15(27-14-17-5-3-6-18(11-17)26-2)20(25)22-13-16-7-9-21-19(12-16)24-10-4-8-23-24/h3-12,15H,13-14H2,1-2H3,(H,22,25)/t15-/m1/s1. The van der Waals surface area contributed by atoms with Crippen molar-refractivity contribution < 1.29 is 14.3 Å². The minimum absolute atomic E-state index is 0.171. The Morgan fingerprint density at radius 1 is 1.19 bits per heavy atom. The molecule has 140 valence electrons. The van der Waals surface area contributed by atoms with Crippen LogP contribution < -0.4 is 10.1 Å². The second-order valence-electron chi connectivity index (χ2n) is 6.00. The Labute approximate surface area is 158 Å². The summed E-state index contributed by atoms with van der Waals surface area (Å²) in [4.78, 5) is 16.6. The Balaban J connectivity index is 1.50. The molecule has 0 bridgehead atoms. The summed E-state index contributed by atoms with van der Waals surface area (Å²) in [6, 6.07) is 13.1. The molecule has 2 aromatic heterocycles. The molecule has 0 unspecified atom stereocenters. The third-order valence-electron chi connectivity index (χ3n) is 4.02. The van der Waals surface area contributed by atoms with Gasteiger partial charge >= 0.3 is 0 Å². The zero-order valence-electron chi connectivity index (χ0n) is 15.3. The van der Waals surface area contributed by atoms with E-state index in [1.54, 1.807) is 31.1 Å². The van der Waals surface area contributed by atoms with Crippen LogP contribution in [0, 0.1) is 0 Å². The summed E-state index contributed by atoms with van der Waals surface area (Å²) >= 11 is 0. The van der Waals surface area contributed by atoms with Crippen LogP contribution in [-0.4, -0.2) is 33.9 Å². The smallest absolute Gasteiger partial charge is 0.249 e. The number of pyridine rings is 1. The summed E-state index contributed by atoms with van der Waals surface area (Å²) in [6.07, 6.45) is 4.64. The Kier molecular flexibility index (Phi) is 6.17. The number of carbonyl (C=O) groups excluding carboxylic acids is 1. The molecule has 1 aromatic carbocycles.